The zero-order chi connectivity index (χ0) is 13.0. The molecule has 0 aliphatic carbocycles. The van der Waals surface area contributed by atoms with E-state index in [1.54, 1.807) is 11.3 Å². The SMILES string of the molecule is CC(=O)NCc1nc(Cc2ccccc2C)cs1. The lowest BCUT2D eigenvalue weighted by molar-refractivity contribution is -0.119. The largest absolute Gasteiger partial charge is 0.350 e. The van der Waals surface area contributed by atoms with Gasteiger partial charge in [-0.25, -0.2) is 4.98 Å². The molecule has 0 bridgehead atoms. The number of nitrogens with one attached hydrogen (secondary N) is 1. The first-order chi connectivity index (χ1) is 8.65. The van der Waals surface area contributed by atoms with Crippen molar-refractivity contribution < 1.29 is 4.79 Å². The number of carbonyl (C=O) groups excluding carboxylic acids is 1. The van der Waals surface area contributed by atoms with Crippen molar-refractivity contribution in [2.24, 2.45) is 0 Å². The Labute approximate surface area is 111 Å². The number of hydrogen-bond acceptors (Lipinski definition) is 3. The number of hydrogen-bond donors (Lipinski definition) is 1. The van der Waals surface area contributed by atoms with E-state index in [4.69, 9.17) is 0 Å². The molecule has 0 atom stereocenters. The second-order valence-electron chi connectivity index (χ2n) is 4.25. The van der Waals surface area contributed by atoms with Gasteiger partial charge >= 0.3 is 0 Å². The predicted octanol–water partition coefficient (Wildman–Crippen LogP) is 2.68. The Morgan fingerprint density at radius 2 is 2.17 bits per heavy atom. The zero-order valence-electron chi connectivity index (χ0n) is 10.6. The van der Waals surface area contributed by atoms with Crippen LogP contribution in [0.1, 0.15) is 28.8 Å². The Balaban J connectivity index is 2.02. The standard InChI is InChI=1S/C14H16N2OS/c1-10-5-3-4-6-12(10)7-13-9-18-14(16-13)8-15-11(2)17/h3-6,9H,7-8H2,1-2H3,(H,15,17). The van der Waals surface area contributed by atoms with Crippen molar-refractivity contribution in [2.45, 2.75) is 26.8 Å². The average Bonchev–Trinajstić information content (AvgIpc) is 2.77. The van der Waals surface area contributed by atoms with E-state index in [1.165, 1.54) is 18.1 Å². The summed E-state index contributed by atoms with van der Waals surface area (Å²) < 4.78 is 0. The number of benzene rings is 1. The van der Waals surface area contributed by atoms with Crippen molar-refractivity contribution in [3.8, 4) is 0 Å². The maximum atomic E-state index is 10.8. The van der Waals surface area contributed by atoms with Gasteiger partial charge in [0.05, 0.1) is 12.2 Å². The highest BCUT2D eigenvalue weighted by molar-refractivity contribution is 7.09. The van der Waals surface area contributed by atoms with Crippen LogP contribution in [0.15, 0.2) is 29.6 Å². The smallest absolute Gasteiger partial charge is 0.217 e. The first kappa shape index (κ1) is 12.8. The summed E-state index contributed by atoms with van der Waals surface area (Å²) in [4.78, 5) is 15.3. The van der Waals surface area contributed by atoms with Crippen LogP contribution in [0.5, 0.6) is 0 Å². The second kappa shape index (κ2) is 5.78. The van der Waals surface area contributed by atoms with Crippen molar-refractivity contribution in [3.63, 3.8) is 0 Å². The number of rotatable bonds is 4. The minimum Gasteiger partial charge on any atom is -0.350 e. The van der Waals surface area contributed by atoms with E-state index in [-0.39, 0.29) is 5.91 Å². The number of nitrogens with zero attached hydrogens (tertiary/aromatic N) is 1. The van der Waals surface area contributed by atoms with E-state index >= 15 is 0 Å². The van der Waals surface area contributed by atoms with Gasteiger partial charge in [0.1, 0.15) is 5.01 Å². The molecule has 0 spiro atoms. The topological polar surface area (TPSA) is 42.0 Å². The van der Waals surface area contributed by atoms with E-state index in [0.717, 1.165) is 17.1 Å². The molecule has 1 amide bonds. The Morgan fingerprint density at radius 3 is 2.89 bits per heavy atom. The molecular formula is C14H16N2OS. The molecule has 0 fully saturated rings. The van der Waals surface area contributed by atoms with Crippen molar-refractivity contribution in [2.75, 3.05) is 0 Å². The van der Waals surface area contributed by atoms with Crippen LogP contribution in [0.4, 0.5) is 0 Å². The van der Waals surface area contributed by atoms with Crippen molar-refractivity contribution in [3.05, 3.63) is 51.5 Å². The normalized spacial score (nSPS) is 10.3. The molecule has 3 nitrogen and oxygen atoms in total. The Hall–Kier alpha value is -1.68. The Kier molecular flexibility index (Phi) is 4.10. The molecule has 0 aliphatic heterocycles. The highest BCUT2D eigenvalue weighted by Crippen LogP contribution is 2.16. The van der Waals surface area contributed by atoms with E-state index in [9.17, 15) is 4.79 Å². The number of aryl methyl sites for hydroxylation is 1. The number of carbonyl (C=O) groups is 1. The molecule has 18 heavy (non-hydrogen) atoms. The zero-order valence-corrected chi connectivity index (χ0v) is 11.4. The quantitative estimate of drug-likeness (QED) is 0.918. The molecule has 4 heteroatoms. The fourth-order valence-corrected chi connectivity index (χ4v) is 2.45. The molecule has 94 valence electrons. The molecule has 1 heterocycles. The Morgan fingerprint density at radius 1 is 1.39 bits per heavy atom. The van der Waals surface area contributed by atoms with Crippen LogP contribution in [0.2, 0.25) is 0 Å². The fourth-order valence-electron chi connectivity index (χ4n) is 1.71. The lowest BCUT2D eigenvalue weighted by Crippen LogP contribution is -2.18. The third kappa shape index (κ3) is 3.40. The first-order valence-electron chi connectivity index (χ1n) is 5.87. The predicted molar refractivity (Wildman–Crippen MR) is 73.6 cm³/mol. The van der Waals surface area contributed by atoms with E-state index in [2.05, 4.69) is 34.7 Å². The molecule has 0 saturated heterocycles. The van der Waals surface area contributed by atoms with E-state index < -0.39 is 0 Å². The van der Waals surface area contributed by atoms with Gasteiger partial charge in [-0.2, -0.15) is 0 Å². The monoisotopic (exact) mass is 260 g/mol. The van der Waals surface area contributed by atoms with Crippen LogP contribution in [0.25, 0.3) is 0 Å². The van der Waals surface area contributed by atoms with E-state index in [1.807, 2.05) is 12.1 Å². The molecule has 2 rings (SSSR count). The average molecular weight is 260 g/mol. The van der Waals surface area contributed by atoms with Crippen LogP contribution in [-0.4, -0.2) is 10.9 Å². The molecule has 0 radical (unpaired) electrons. The van der Waals surface area contributed by atoms with Gasteiger partial charge < -0.3 is 5.32 Å². The van der Waals surface area contributed by atoms with Crippen molar-refractivity contribution in [1.29, 1.82) is 0 Å². The highest BCUT2D eigenvalue weighted by Gasteiger charge is 2.05. The van der Waals surface area contributed by atoms with Crippen LogP contribution < -0.4 is 5.32 Å². The minimum absolute atomic E-state index is 0.0225. The molecule has 0 unspecified atom stereocenters. The van der Waals surface area contributed by atoms with Crippen LogP contribution in [0, 0.1) is 6.92 Å². The minimum atomic E-state index is -0.0225. The van der Waals surface area contributed by atoms with E-state index in [0.29, 0.717) is 6.54 Å². The van der Waals surface area contributed by atoms with Gasteiger partial charge in [-0.05, 0) is 18.1 Å². The van der Waals surface area contributed by atoms with Crippen LogP contribution in [0.3, 0.4) is 0 Å². The molecule has 0 aliphatic rings. The Bertz CT molecular complexity index is 548. The summed E-state index contributed by atoms with van der Waals surface area (Å²) in [5.41, 5.74) is 3.65. The molecular weight excluding hydrogens is 244 g/mol. The molecule has 1 aromatic heterocycles. The first-order valence-corrected chi connectivity index (χ1v) is 6.75. The summed E-state index contributed by atoms with van der Waals surface area (Å²) in [6.07, 6.45) is 0.850. The number of thiazole rings is 1. The lowest BCUT2D eigenvalue weighted by Gasteiger charge is -2.02. The third-order valence-electron chi connectivity index (χ3n) is 2.72. The summed E-state index contributed by atoms with van der Waals surface area (Å²) in [6.45, 7) is 4.15. The summed E-state index contributed by atoms with van der Waals surface area (Å²) >= 11 is 1.59. The van der Waals surface area contributed by atoms with Crippen molar-refractivity contribution >= 4 is 17.2 Å². The third-order valence-corrected chi connectivity index (χ3v) is 3.62. The summed E-state index contributed by atoms with van der Waals surface area (Å²) in [5.74, 6) is -0.0225. The number of amides is 1. The lowest BCUT2D eigenvalue weighted by atomic mass is 10.1. The molecule has 1 aromatic carbocycles. The highest BCUT2D eigenvalue weighted by atomic mass is 32.1. The maximum absolute atomic E-state index is 10.8. The van der Waals surface area contributed by atoms with Gasteiger partial charge in [-0.3, -0.25) is 4.79 Å². The summed E-state index contributed by atoms with van der Waals surface area (Å²) in [7, 11) is 0. The van der Waals surface area contributed by atoms with Crippen LogP contribution >= 0.6 is 11.3 Å². The summed E-state index contributed by atoms with van der Waals surface area (Å²) in [6, 6.07) is 8.33. The van der Waals surface area contributed by atoms with Gasteiger partial charge in [0.2, 0.25) is 5.91 Å². The van der Waals surface area contributed by atoms with Gasteiger partial charge in [0, 0.05) is 18.7 Å². The maximum Gasteiger partial charge on any atom is 0.217 e. The van der Waals surface area contributed by atoms with Gasteiger partial charge in [-0.15, -0.1) is 11.3 Å². The number of aromatic nitrogens is 1. The van der Waals surface area contributed by atoms with Crippen molar-refractivity contribution in [1.82, 2.24) is 10.3 Å². The van der Waals surface area contributed by atoms with Gasteiger partial charge in [0.25, 0.3) is 0 Å². The second-order valence-corrected chi connectivity index (χ2v) is 5.19. The summed E-state index contributed by atoms with van der Waals surface area (Å²) in [5, 5.41) is 5.77. The van der Waals surface area contributed by atoms with Gasteiger partial charge in [0.15, 0.2) is 0 Å². The molecule has 1 N–H and O–H groups in total. The molecule has 2 aromatic rings. The molecule has 0 saturated carbocycles. The fraction of sp³-hybridized carbons (Fsp3) is 0.286. The van der Waals surface area contributed by atoms with Gasteiger partial charge in [-0.1, -0.05) is 24.3 Å². The van der Waals surface area contributed by atoms with Crippen LogP contribution in [-0.2, 0) is 17.8 Å².